The van der Waals surface area contributed by atoms with Gasteiger partial charge in [-0.1, -0.05) is 12.1 Å². The molecule has 0 unspecified atom stereocenters. The maximum atomic E-state index is 13.6. The van der Waals surface area contributed by atoms with Crippen molar-refractivity contribution in [1.29, 1.82) is 0 Å². The Labute approximate surface area is 129 Å². The first kappa shape index (κ1) is 16.1. The molecule has 0 fully saturated rings. The van der Waals surface area contributed by atoms with Crippen LogP contribution in [0.25, 0.3) is 0 Å². The highest BCUT2D eigenvalue weighted by molar-refractivity contribution is 7.11. The lowest BCUT2D eigenvalue weighted by Crippen LogP contribution is -2.31. The second-order valence-electron chi connectivity index (χ2n) is 4.51. The van der Waals surface area contributed by atoms with Gasteiger partial charge in [0.2, 0.25) is 0 Å². The molecule has 116 valence electrons. The highest BCUT2D eigenvalue weighted by atomic mass is 32.1. The van der Waals surface area contributed by atoms with Crippen LogP contribution in [0.5, 0.6) is 0 Å². The molecule has 0 bridgehead atoms. The van der Waals surface area contributed by atoms with Crippen LogP contribution in [0, 0.1) is 11.6 Å². The summed E-state index contributed by atoms with van der Waals surface area (Å²) in [4.78, 5) is 23.7. The highest BCUT2D eigenvalue weighted by Crippen LogP contribution is 2.17. The van der Waals surface area contributed by atoms with Crippen LogP contribution in [0.1, 0.15) is 28.2 Å². The van der Waals surface area contributed by atoms with Crippen molar-refractivity contribution in [3.05, 3.63) is 57.8 Å². The van der Waals surface area contributed by atoms with E-state index in [1.807, 2.05) is 0 Å². The summed E-state index contributed by atoms with van der Waals surface area (Å²) in [6.07, 6.45) is 0. The molecule has 1 N–H and O–H groups in total. The number of carbonyl (C=O) groups is 2. The van der Waals surface area contributed by atoms with Crippen LogP contribution in [0.3, 0.4) is 0 Å². The van der Waals surface area contributed by atoms with Gasteiger partial charge in [-0.05, 0) is 24.4 Å². The number of benzene rings is 1. The molecule has 1 heterocycles. The topological polar surface area (TPSA) is 55.4 Å². The Balaban J connectivity index is 1.87. The molecule has 0 saturated carbocycles. The van der Waals surface area contributed by atoms with Gasteiger partial charge in [-0.2, -0.15) is 0 Å². The summed E-state index contributed by atoms with van der Waals surface area (Å²) >= 11 is 1.21. The minimum atomic E-state index is -0.747. The quantitative estimate of drug-likeness (QED) is 0.860. The van der Waals surface area contributed by atoms with Gasteiger partial charge in [0.1, 0.15) is 16.5 Å². The van der Waals surface area contributed by atoms with E-state index in [-0.39, 0.29) is 5.56 Å². The summed E-state index contributed by atoms with van der Waals surface area (Å²) in [6, 6.07) is 5.72. The summed E-state index contributed by atoms with van der Waals surface area (Å²) in [5.74, 6) is -2.60. The standard InChI is InChI=1S/C15H13F2NO3S/c1-9(11-5-4-10(16)7-12(11)17)18-14(19)8-21-15(20)13-3-2-6-22-13/h2-7,9H,8H2,1H3,(H,18,19)/t9-/m1/s1. The zero-order valence-electron chi connectivity index (χ0n) is 11.6. The van der Waals surface area contributed by atoms with E-state index < -0.39 is 36.2 Å². The lowest BCUT2D eigenvalue weighted by atomic mass is 10.1. The van der Waals surface area contributed by atoms with Gasteiger partial charge in [-0.3, -0.25) is 4.79 Å². The van der Waals surface area contributed by atoms with E-state index in [0.29, 0.717) is 4.88 Å². The molecule has 22 heavy (non-hydrogen) atoms. The Kier molecular flexibility index (Phi) is 5.21. The lowest BCUT2D eigenvalue weighted by Gasteiger charge is -2.15. The number of ether oxygens (including phenoxy) is 1. The molecule has 0 spiro atoms. The number of rotatable bonds is 5. The molecule has 0 aliphatic rings. The maximum absolute atomic E-state index is 13.6. The smallest absolute Gasteiger partial charge is 0.348 e. The number of halogens is 2. The molecule has 2 rings (SSSR count). The van der Waals surface area contributed by atoms with Crippen LogP contribution in [0.2, 0.25) is 0 Å². The fourth-order valence-electron chi connectivity index (χ4n) is 1.81. The number of carbonyl (C=O) groups excluding carboxylic acids is 2. The average molecular weight is 325 g/mol. The van der Waals surface area contributed by atoms with Crippen LogP contribution >= 0.6 is 11.3 Å². The molecule has 1 aromatic heterocycles. The zero-order valence-corrected chi connectivity index (χ0v) is 12.5. The van der Waals surface area contributed by atoms with Gasteiger partial charge in [0.25, 0.3) is 5.91 Å². The van der Waals surface area contributed by atoms with Crippen LogP contribution < -0.4 is 5.32 Å². The number of thiophene rings is 1. The second kappa shape index (κ2) is 7.13. The Hall–Kier alpha value is -2.28. The first-order valence-electron chi connectivity index (χ1n) is 6.42. The van der Waals surface area contributed by atoms with Crippen molar-refractivity contribution in [3.63, 3.8) is 0 Å². The van der Waals surface area contributed by atoms with Crippen LogP contribution in [0.4, 0.5) is 8.78 Å². The lowest BCUT2D eigenvalue weighted by molar-refractivity contribution is -0.124. The Morgan fingerprint density at radius 2 is 2.09 bits per heavy atom. The number of nitrogens with one attached hydrogen (secondary N) is 1. The van der Waals surface area contributed by atoms with Crippen molar-refractivity contribution < 1.29 is 23.1 Å². The fraction of sp³-hybridized carbons (Fsp3) is 0.200. The average Bonchev–Trinajstić information content (AvgIpc) is 2.98. The maximum Gasteiger partial charge on any atom is 0.348 e. The van der Waals surface area contributed by atoms with Crippen LogP contribution in [-0.2, 0) is 9.53 Å². The summed E-state index contributed by atoms with van der Waals surface area (Å²) in [5, 5.41) is 4.20. The van der Waals surface area contributed by atoms with Gasteiger partial charge >= 0.3 is 5.97 Å². The summed E-state index contributed by atoms with van der Waals surface area (Å²) in [6.45, 7) is 1.08. The number of hydrogen-bond acceptors (Lipinski definition) is 4. The number of hydrogen-bond donors (Lipinski definition) is 1. The molecule has 0 saturated heterocycles. The molecule has 1 amide bonds. The molecule has 1 atom stereocenters. The van der Waals surface area contributed by atoms with E-state index in [1.54, 1.807) is 24.4 Å². The molecular formula is C15H13F2NO3S. The Morgan fingerprint density at radius 1 is 1.32 bits per heavy atom. The van der Waals surface area contributed by atoms with E-state index >= 15 is 0 Å². The zero-order chi connectivity index (χ0) is 16.1. The SMILES string of the molecule is C[C@@H](NC(=O)COC(=O)c1cccs1)c1ccc(F)cc1F. The predicted molar refractivity (Wildman–Crippen MR) is 77.5 cm³/mol. The Bertz CT molecular complexity index is 673. The fourth-order valence-corrected chi connectivity index (χ4v) is 2.43. The second-order valence-corrected chi connectivity index (χ2v) is 5.46. The van der Waals surface area contributed by atoms with Crippen molar-refractivity contribution in [3.8, 4) is 0 Å². The molecule has 0 radical (unpaired) electrons. The summed E-state index contributed by atoms with van der Waals surface area (Å²) in [7, 11) is 0. The number of amides is 1. The van der Waals surface area contributed by atoms with Crippen molar-refractivity contribution in [2.75, 3.05) is 6.61 Å². The van der Waals surface area contributed by atoms with E-state index in [2.05, 4.69) is 5.32 Å². The largest absolute Gasteiger partial charge is 0.451 e. The van der Waals surface area contributed by atoms with Gasteiger partial charge in [0, 0.05) is 11.6 Å². The van der Waals surface area contributed by atoms with Crippen molar-refractivity contribution in [1.82, 2.24) is 5.32 Å². The molecular weight excluding hydrogens is 312 g/mol. The third kappa shape index (κ3) is 4.11. The third-order valence-corrected chi connectivity index (χ3v) is 3.71. The van der Waals surface area contributed by atoms with E-state index in [1.165, 1.54) is 17.4 Å². The minimum absolute atomic E-state index is 0.152. The first-order chi connectivity index (χ1) is 10.5. The van der Waals surface area contributed by atoms with Gasteiger partial charge in [-0.25, -0.2) is 13.6 Å². The van der Waals surface area contributed by atoms with Gasteiger partial charge in [0.15, 0.2) is 6.61 Å². The molecule has 0 aliphatic carbocycles. The minimum Gasteiger partial charge on any atom is -0.451 e. The third-order valence-electron chi connectivity index (χ3n) is 2.86. The molecule has 1 aromatic carbocycles. The summed E-state index contributed by atoms with van der Waals surface area (Å²) < 4.78 is 31.2. The normalized spacial score (nSPS) is 11.8. The molecule has 7 heteroatoms. The van der Waals surface area contributed by atoms with E-state index in [9.17, 15) is 18.4 Å². The predicted octanol–water partition coefficient (Wildman–Crippen LogP) is 3.06. The molecule has 2 aromatic rings. The number of esters is 1. The van der Waals surface area contributed by atoms with Crippen LogP contribution in [-0.4, -0.2) is 18.5 Å². The van der Waals surface area contributed by atoms with Crippen molar-refractivity contribution in [2.24, 2.45) is 0 Å². The van der Waals surface area contributed by atoms with Gasteiger partial charge in [-0.15, -0.1) is 11.3 Å². The van der Waals surface area contributed by atoms with Gasteiger partial charge < -0.3 is 10.1 Å². The van der Waals surface area contributed by atoms with Crippen LogP contribution in [0.15, 0.2) is 35.7 Å². The van der Waals surface area contributed by atoms with Crippen molar-refractivity contribution in [2.45, 2.75) is 13.0 Å². The summed E-state index contributed by atoms with van der Waals surface area (Å²) in [5.41, 5.74) is 0.152. The Morgan fingerprint density at radius 3 is 2.73 bits per heavy atom. The monoisotopic (exact) mass is 325 g/mol. The van der Waals surface area contributed by atoms with Crippen molar-refractivity contribution >= 4 is 23.2 Å². The van der Waals surface area contributed by atoms with Gasteiger partial charge in [0.05, 0.1) is 6.04 Å². The first-order valence-corrected chi connectivity index (χ1v) is 7.30. The highest BCUT2D eigenvalue weighted by Gasteiger charge is 2.16. The molecule has 4 nitrogen and oxygen atoms in total. The molecule has 0 aliphatic heterocycles. The van der Waals surface area contributed by atoms with E-state index in [0.717, 1.165) is 12.1 Å². The van der Waals surface area contributed by atoms with E-state index in [4.69, 9.17) is 4.74 Å².